The van der Waals surface area contributed by atoms with Gasteiger partial charge < -0.3 is 214 Å². The van der Waals surface area contributed by atoms with E-state index in [1.807, 2.05) is 41.5 Å². The van der Waals surface area contributed by atoms with Gasteiger partial charge in [-0.05, 0) is 122 Å². The molecule has 8 aliphatic heterocycles. The van der Waals surface area contributed by atoms with Crippen molar-refractivity contribution in [1.82, 2.24) is 10.6 Å². The quantitative estimate of drug-likeness (QED) is 0.0120. The fourth-order valence-electron chi connectivity index (χ4n) is 24.5. The number of ether oxygens (including phenoxy) is 16. The molecular weight excluding hydrogens is 1850 g/mol. The number of carboxylic acids is 1. The van der Waals surface area contributed by atoms with E-state index in [4.69, 9.17) is 75.8 Å². The van der Waals surface area contributed by atoms with Crippen LogP contribution in [0.5, 0.6) is 0 Å². The van der Waals surface area contributed by atoms with Gasteiger partial charge in [-0.2, -0.15) is 0 Å². The van der Waals surface area contributed by atoms with Crippen LogP contribution in [0.25, 0.3) is 0 Å². The minimum atomic E-state index is -2.27. The first-order valence-corrected chi connectivity index (χ1v) is 48.7. The van der Waals surface area contributed by atoms with Crippen LogP contribution in [0, 0.1) is 62.1 Å². The van der Waals surface area contributed by atoms with E-state index in [1.165, 1.54) is 6.92 Å². The van der Waals surface area contributed by atoms with Gasteiger partial charge in [-0.1, -0.05) is 93.7 Å². The molecule has 139 heavy (non-hydrogen) atoms. The smallest absolute Gasteiger partial charge is 0.335 e. The predicted molar refractivity (Wildman–Crippen MR) is 463 cm³/mol. The molecule has 8 heterocycles. The fourth-order valence-corrected chi connectivity index (χ4v) is 24.5. The SMILES string of the molecule is CC[C@@H](C)[C@H](C[C@H](O)CC(=O)N[C@@H]1[C@H](O)[C@@H](O[C@@H]2O[C@@H](C)[C@H](O[C@@H]3OC[C@@H](O)[C@H](O[C@@H]4O[C@H](CO)[C@@H](O)[C@H]4O)[C@H]3O)[C@@H](O)[C@H]2O)[C@H](OC(=O)[C@]23CCC(C)(C)C[C@H]2C2=CC[C@@H]4[C@@]5(C)CC[C@H](O[C@@H]6O[C@H](C(=O)O)[C@@H](O)[C@H](O[C@@H]7OC[C@@H](O)[C@H](O)[C@H]7O)[C@H]6O[C@@H]6O[C@H](CO)[C@H](O)[C@H](O)[C@H]6O)[C@@](C)(C=O)[C@@H]5CC[C@@]4(C)[C@]2(C)C[C@H]3O)O[C@@H]1CO)NC(=O)C[C@@H](O)C[C@H](O[C@@H]1O[C@H](CO)[C@@H](O)[C@H]1O)[C@H](C)CC. The van der Waals surface area contributed by atoms with E-state index < -0.39 is 378 Å². The van der Waals surface area contributed by atoms with E-state index in [0.29, 0.717) is 44.9 Å². The van der Waals surface area contributed by atoms with Gasteiger partial charge >= 0.3 is 11.9 Å². The third-order valence-electron chi connectivity index (χ3n) is 33.5. The largest absolute Gasteiger partial charge is 0.479 e. The number of rotatable bonds is 36. The van der Waals surface area contributed by atoms with Crippen LogP contribution in [-0.2, 0) is 99.8 Å². The van der Waals surface area contributed by atoms with Gasteiger partial charge in [-0.15, -0.1) is 0 Å². The lowest BCUT2D eigenvalue weighted by molar-refractivity contribution is -0.391. The molecule has 12 fully saturated rings. The number of aldehydes is 1. The molecule has 0 bridgehead atoms. The maximum atomic E-state index is 16.4. The predicted octanol–water partition coefficient (Wildman–Crippen LogP) is -7.57. The van der Waals surface area contributed by atoms with Crippen molar-refractivity contribution in [3.8, 4) is 0 Å². The highest BCUT2D eigenvalue weighted by atomic mass is 16.8. The first kappa shape index (κ1) is 112. The lowest BCUT2D eigenvalue weighted by Crippen LogP contribution is -2.70. The number of aliphatic hydroxyl groups is 23. The highest BCUT2D eigenvalue weighted by Crippen LogP contribution is 2.76. The molecule has 0 aromatic rings. The lowest BCUT2D eigenvalue weighted by atomic mass is 9.33. The molecule has 52 atom stereocenters. The third kappa shape index (κ3) is 21.9. The summed E-state index contributed by atoms with van der Waals surface area (Å²) in [6.45, 7) is 16.0. The first-order chi connectivity index (χ1) is 65.4. The Morgan fingerprint density at radius 3 is 1.63 bits per heavy atom. The van der Waals surface area contributed by atoms with E-state index in [-0.39, 0.29) is 56.3 Å². The van der Waals surface area contributed by atoms with Crippen LogP contribution >= 0.6 is 0 Å². The molecule has 13 rings (SSSR count). The second kappa shape index (κ2) is 45.1. The molecule has 0 aromatic carbocycles. The van der Waals surface area contributed by atoms with Crippen molar-refractivity contribution in [3.05, 3.63) is 11.6 Å². The van der Waals surface area contributed by atoms with E-state index in [1.54, 1.807) is 13.8 Å². The number of aliphatic carboxylic acids is 1. The second-order valence-electron chi connectivity index (χ2n) is 42.7. The fraction of sp³-hybridized carbons (Fsp3) is 0.924. The Kier molecular flexibility index (Phi) is 36.3. The summed E-state index contributed by atoms with van der Waals surface area (Å²) in [6.07, 6.45) is -66.8. The molecule has 0 unspecified atom stereocenters. The standard InChI is InChI=1S/C92H150N2O45/c1-12-35(3)42(93-54(105)25-39(101)23-45(36(4)13-2)127-81-65(115)59(109)48(30-97)129-81)22-38(100)24-55(106)94-56-46(28-95)128-84(75(61(56)111)137-80-68(118)63(113)71(37(5)126-80)133-79-70(120)72(44(103)33-125-79)134-82-66(116)60(110)49(31-98)131-82)139-86(123)92-21-20-87(6,7)26-41(92)40-14-15-51-88(8)18-17-53(89(9,34-99)50(88)16-19-90(51,10)91(40,11)27-52(92)104)132-85-76(138-83-67(117)62(112)58(108)47(29-96)130-83)73(69(119)74(136-85)77(121)122)135-78-64(114)57(107)43(102)32-124-78/h14,34-39,41-53,56-76,78-85,95-98,100-104,107-120H,12-13,15-33H2,1-11H3,(H,93,105)(H,94,106)(H,121,122)/t35-,36-,37+,38+,39+,41+,42+,43-,44-,45+,46-,47-,48-,49-,50-,51-,52-,53+,56+,57+,58+,59-,60-,61+,62+,63+,64-,65-,66-,67-,68-,69+,70-,71+,72+,73+,74+,75-,76-,78+,79+,80+,81-,82+,83+,84+,85-,88+,89+,90-,91-,92-/m1/s1. The Bertz CT molecular complexity index is 4110. The zero-order chi connectivity index (χ0) is 102. The maximum Gasteiger partial charge on any atom is 0.335 e. The van der Waals surface area contributed by atoms with Gasteiger partial charge in [0.25, 0.3) is 0 Å². The van der Waals surface area contributed by atoms with Gasteiger partial charge in [0.1, 0.15) is 158 Å². The van der Waals surface area contributed by atoms with Gasteiger partial charge in [0.15, 0.2) is 56.2 Å². The summed E-state index contributed by atoms with van der Waals surface area (Å²) in [5.74, 6) is -6.83. The van der Waals surface area contributed by atoms with E-state index in [9.17, 15) is 142 Å². The van der Waals surface area contributed by atoms with Gasteiger partial charge in [0, 0.05) is 12.5 Å². The topological polar surface area (TPSA) is 743 Å². The average Bonchev–Trinajstić information content (AvgIpc) is 0.891. The van der Waals surface area contributed by atoms with E-state index in [2.05, 4.69) is 30.6 Å². The number of amides is 2. The number of hydrogen-bond donors (Lipinski definition) is 26. The number of allylic oxidation sites excluding steroid dienone is 2. The summed E-state index contributed by atoms with van der Waals surface area (Å²) in [6, 6.07) is -2.60. The maximum absolute atomic E-state index is 16.4. The van der Waals surface area contributed by atoms with Gasteiger partial charge in [0.2, 0.25) is 18.1 Å². The second-order valence-corrected chi connectivity index (χ2v) is 42.7. The molecule has 5 aliphatic carbocycles. The Labute approximate surface area is 803 Å². The van der Waals surface area contributed by atoms with Crippen molar-refractivity contribution in [1.29, 1.82) is 0 Å². The molecule has 0 spiro atoms. The third-order valence-corrected chi connectivity index (χ3v) is 33.5. The molecule has 2 amide bonds. The summed E-state index contributed by atoms with van der Waals surface area (Å²) < 4.78 is 96.6. The van der Waals surface area contributed by atoms with Crippen LogP contribution in [0.1, 0.15) is 172 Å². The summed E-state index contributed by atoms with van der Waals surface area (Å²) in [5, 5.41) is 273. The highest BCUT2D eigenvalue weighted by molar-refractivity contribution is 5.80. The van der Waals surface area contributed by atoms with E-state index >= 15 is 4.79 Å². The van der Waals surface area contributed by atoms with Crippen molar-refractivity contribution in [3.63, 3.8) is 0 Å². The minimum absolute atomic E-state index is 0.0180. The number of carboxylic acid groups (broad SMARTS) is 1. The minimum Gasteiger partial charge on any atom is -0.479 e. The number of aliphatic hydroxyl groups excluding tert-OH is 23. The molecule has 47 heteroatoms. The van der Waals surface area contributed by atoms with Crippen LogP contribution in [0.3, 0.4) is 0 Å². The van der Waals surface area contributed by atoms with Crippen LogP contribution in [-0.4, -0.2) is 450 Å². The van der Waals surface area contributed by atoms with Gasteiger partial charge in [0.05, 0.1) is 101 Å². The molecule has 8 saturated heterocycles. The van der Waals surface area contributed by atoms with E-state index in [0.717, 1.165) is 11.9 Å². The van der Waals surface area contributed by atoms with Crippen molar-refractivity contribution in [2.75, 3.05) is 39.6 Å². The van der Waals surface area contributed by atoms with Crippen molar-refractivity contribution >= 4 is 30.0 Å². The average molecular weight is 2000 g/mol. The van der Waals surface area contributed by atoms with Crippen LogP contribution in [0.15, 0.2) is 11.6 Å². The van der Waals surface area contributed by atoms with Crippen molar-refractivity contribution in [2.24, 2.45) is 62.1 Å². The molecular formula is C92H150N2O45. The molecule has 0 aromatic heterocycles. The van der Waals surface area contributed by atoms with Gasteiger partial charge in [-0.25, -0.2) is 4.79 Å². The molecule has 47 nitrogen and oxygen atoms in total. The zero-order valence-corrected chi connectivity index (χ0v) is 79.9. The Balaban J connectivity index is 0.754. The summed E-state index contributed by atoms with van der Waals surface area (Å²) in [4.78, 5) is 72.4. The number of hydrogen-bond acceptors (Lipinski definition) is 44. The number of carbonyl (C=O) groups excluding carboxylic acids is 4. The number of nitrogens with one attached hydrogen (secondary N) is 2. The van der Waals surface area contributed by atoms with Crippen LogP contribution < -0.4 is 10.6 Å². The number of esters is 1. The number of carbonyl (C=O) groups is 5. The number of fused-ring (bicyclic) bond motifs is 7. The Morgan fingerprint density at radius 2 is 1.02 bits per heavy atom. The van der Waals surface area contributed by atoms with Gasteiger partial charge in [-0.3, -0.25) is 14.4 Å². The summed E-state index contributed by atoms with van der Waals surface area (Å²) in [7, 11) is 0. The van der Waals surface area contributed by atoms with Crippen molar-refractivity contribution in [2.45, 2.75) is 430 Å². The Morgan fingerprint density at radius 1 is 0.496 bits per heavy atom. The monoisotopic (exact) mass is 2000 g/mol. The zero-order valence-electron chi connectivity index (χ0n) is 79.9. The lowest BCUT2D eigenvalue weighted by Gasteiger charge is -2.71. The normalized spacial score (nSPS) is 48.5. The van der Waals surface area contributed by atoms with Crippen LogP contribution in [0.4, 0.5) is 0 Å². The summed E-state index contributed by atoms with van der Waals surface area (Å²) >= 11 is 0. The highest BCUT2D eigenvalue weighted by Gasteiger charge is 2.74. The Hall–Kier alpha value is -4.23. The van der Waals surface area contributed by atoms with Crippen molar-refractivity contribution < 1.29 is 222 Å². The first-order valence-electron chi connectivity index (χ1n) is 48.7. The molecule has 0 radical (unpaired) electrons. The summed E-state index contributed by atoms with van der Waals surface area (Å²) in [5.41, 5.74) is -5.69. The van der Waals surface area contributed by atoms with Crippen LogP contribution in [0.2, 0.25) is 0 Å². The molecule has 4 saturated carbocycles. The molecule has 798 valence electrons. The molecule has 13 aliphatic rings. The molecule has 26 N–H and O–H groups in total.